The molecule has 1 aromatic rings. The molecule has 1 heterocycles. The normalized spacial score (nSPS) is 18.0. The molecule has 0 aromatic heterocycles. The van der Waals surface area contributed by atoms with Gasteiger partial charge in [-0.15, -0.1) is 24.2 Å². The lowest BCUT2D eigenvalue weighted by atomic mass is 10.1. The van der Waals surface area contributed by atoms with Crippen LogP contribution in [-0.4, -0.2) is 42.7 Å². The van der Waals surface area contributed by atoms with Crippen molar-refractivity contribution in [2.24, 2.45) is 0 Å². The van der Waals surface area contributed by atoms with E-state index in [-0.39, 0.29) is 18.3 Å². The highest BCUT2D eigenvalue weighted by Gasteiger charge is 2.22. The second kappa shape index (κ2) is 9.89. The molecule has 1 N–H and O–H groups in total. The number of likely N-dealkylation sites (N-methyl/N-ethyl adjacent to an activating group) is 1. The summed E-state index contributed by atoms with van der Waals surface area (Å²) in [7, 11) is 1.95. The zero-order valence-corrected chi connectivity index (χ0v) is 15.6. The summed E-state index contributed by atoms with van der Waals surface area (Å²) in [5.74, 6) is 1.44. The predicted octanol–water partition coefficient (Wildman–Crippen LogP) is 3.86. The molecule has 0 aliphatic carbocycles. The minimum Gasteiger partial charge on any atom is -0.340 e. The number of benzene rings is 1. The van der Waals surface area contributed by atoms with Crippen LogP contribution in [-0.2, 0) is 10.5 Å². The standard InChI is InChI=1S/C15H20Cl2N2OS.ClH/c1-18-13-3-2-6-19(8-13)15(20)10-21-9-11-4-5-12(16)7-14(11)17;/h4-5,7,13,18H,2-3,6,8-10H2,1H3;1H. The van der Waals surface area contributed by atoms with E-state index in [1.165, 1.54) is 0 Å². The van der Waals surface area contributed by atoms with Crippen LogP contribution in [0.25, 0.3) is 0 Å². The second-order valence-electron chi connectivity index (χ2n) is 5.20. The zero-order chi connectivity index (χ0) is 15.2. The van der Waals surface area contributed by atoms with Gasteiger partial charge in [-0.1, -0.05) is 29.3 Å². The minimum absolute atomic E-state index is 0. The summed E-state index contributed by atoms with van der Waals surface area (Å²) in [6.45, 7) is 1.69. The molecule has 7 heteroatoms. The molecular weight excluding hydrogens is 363 g/mol. The van der Waals surface area contributed by atoms with E-state index in [9.17, 15) is 4.79 Å². The summed E-state index contributed by atoms with van der Waals surface area (Å²) >= 11 is 13.6. The Balaban J connectivity index is 0.00000242. The van der Waals surface area contributed by atoms with Gasteiger partial charge in [-0.2, -0.15) is 0 Å². The molecule has 22 heavy (non-hydrogen) atoms. The number of hydrogen-bond acceptors (Lipinski definition) is 3. The number of carbonyl (C=O) groups excluding carboxylic acids is 1. The molecule has 2 rings (SSSR count). The van der Waals surface area contributed by atoms with Gasteiger partial charge in [0.2, 0.25) is 5.91 Å². The number of likely N-dealkylation sites (tertiary alicyclic amines) is 1. The Hall–Kier alpha value is -0.130. The molecule has 124 valence electrons. The van der Waals surface area contributed by atoms with E-state index in [0.717, 1.165) is 37.2 Å². The highest BCUT2D eigenvalue weighted by atomic mass is 35.5. The van der Waals surface area contributed by atoms with Crippen molar-refractivity contribution in [2.45, 2.75) is 24.6 Å². The van der Waals surface area contributed by atoms with E-state index in [4.69, 9.17) is 23.2 Å². The maximum absolute atomic E-state index is 12.2. The summed E-state index contributed by atoms with van der Waals surface area (Å²) in [5.41, 5.74) is 1.02. The molecular formula is C15H21Cl3N2OS. The average molecular weight is 384 g/mol. The Bertz CT molecular complexity index is 502. The number of amides is 1. The van der Waals surface area contributed by atoms with Crippen molar-refractivity contribution in [1.29, 1.82) is 0 Å². The SMILES string of the molecule is CNC1CCCN(C(=O)CSCc2ccc(Cl)cc2Cl)C1.Cl. The van der Waals surface area contributed by atoms with Crippen LogP contribution in [0, 0.1) is 0 Å². The highest BCUT2D eigenvalue weighted by Crippen LogP contribution is 2.25. The smallest absolute Gasteiger partial charge is 0.232 e. The van der Waals surface area contributed by atoms with Crippen LogP contribution < -0.4 is 5.32 Å². The molecule has 0 bridgehead atoms. The molecule has 0 radical (unpaired) electrons. The molecule has 1 aliphatic rings. The van der Waals surface area contributed by atoms with E-state index < -0.39 is 0 Å². The Morgan fingerprint density at radius 2 is 2.23 bits per heavy atom. The van der Waals surface area contributed by atoms with Crippen LogP contribution in [0.1, 0.15) is 18.4 Å². The van der Waals surface area contributed by atoms with Crippen LogP contribution in [0.3, 0.4) is 0 Å². The number of nitrogens with one attached hydrogen (secondary N) is 1. The van der Waals surface area contributed by atoms with Crippen LogP contribution in [0.4, 0.5) is 0 Å². The van der Waals surface area contributed by atoms with Gasteiger partial charge in [-0.25, -0.2) is 0 Å². The highest BCUT2D eigenvalue weighted by molar-refractivity contribution is 7.99. The molecule has 1 amide bonds. The summed E-state index contributed by atoms with van der Waals surface area (Å²) in [6.07, 6.45) is 2.22. The third kappa shape index (κ3) is 5.82. The summed E-state index contributed by atoms with van der Waals surface area (Å²) < 4.78 is 0. The van der Waals surface area contributed by atoms with Crippen LogP contribution >= 0.6 is 47.4 Å². The lowest BCUT2D eigenvalue weighted by molar-refractivity contribution is -0.129. The second-order valence-corrected chi connectivity index (χ2v) is 7.03. The Morgan fingerprint density at radius 1 is 1.45 bits per heavy atom. The number of nitrogens with zero attached hydrogens (tertiary/aromatic N) is 1. The fourth-order valence-electron chi connectivity index (χ4n) is 2.42. The van der Waals surface area contributed by atoms with Gasteiger partial charge in [0, 0.05) is 34.9 Å². The Morgan fingerprint density at radius 3 is 2.91 bits per heavy atom. The topological polar surface area (TPSA) is 32.3 Å². The van der Waals surface area contributed by atoms with Gasteiger partial charge in [-0.3, -0.25) is 4.79 Å². The first-order valence-corrected chi connectivity index (χ1v) is 8.98. The third-order valence-corrected chi connectivity index (χ3v) is 5.23. The van der Waals surface area contributed by atoms with Crippen molar-refractivity contribution in [2.75, 3.05) is 25.9 Å². The first kappa shape index (κ1) is 19.9. The third-order valence-electron chi connectivity index (χ3n) is 3.68. The van der Waals surface area contributed by atoms with E-state index in [2.05, 4.69) is 5.32 Å². The summed E-state index contributed by atoms with van der Waals surface area (Å²) in [6, 6.07) is 5.91. The van der Waals surface area contributed by atoms with Gasteiger partial charge in [-0.05, 0) is 37.6 Å². The lowest BCUT2D eigenvalue weighted by Gasteiger charge is -2.32. The first-order chi connectivity index (χ1) is 10.1. The number of carbonyl (C=O) groups is 1. The fourth-order valence-corrected chi connectivity index (χ4v) is 3.90. The van der Waals surface area contributed by atoms with Gasteiger partial charge in [0.15, 0.2) is 0 Å². The van der Waals surface area contributed by atoms with Crippen LogP contribution in [0.2, 0.25) is 10.0 Å². The monoisotopic (exact) mass is 382 g/mol. The summed E-state index contributed by atoms with van der Waals surface area (Å²) in [5, 5.41) is 4.55. The molecule has 1 aliphatic heterocycles. The zero-order valence-electron chi connectivity index (χ0n) is 12.5. The van der Waals surface area contributed by atoms with Crippen molar-refractivity contribution in [3.8, 4) is 0 Å². The van der Waals surface area contributed by atoms with E-state index in [1.807, 2.05) is 24.1 Å². The molecule has 1 unspecified atom stereocenters. The fraction of sp³-hybridized carbons (Fsp3) is 0.533. The average Bonchev–Trinajstić information content (AvgIpc) is 2.49. The molecule has 0 saturated carbocycles. The number of rotatable bonds is 5. The number of thioether (sulfide) groups is 1. The van der Waals surface area contributed by atoms with Gasteiger partial charge in [0.1, 0.15) is 0 Å². The van der Waals surface area contributed by atoms with Crippen molar-refractivity contribution >= 4 is 53.3 Å². The Kier molecular flexibility index (Phi) is 8.95. The first-order valence-electron chi connectivity index (χ1n) is 7.07. The maximum Gasteiger partial charge on any atom is 0.232 e. The predicted molar refractivity (Wildman–Crippen MR) is 98.5 cm³/mol. The van der Waals surface area contributed by atoms with Crippen LogP contribution in [0.15, 0.2) is 18.2 Å². The summed E-state index contributed by atoms with van der Waals surface area (Å²) in [4.78, 5) is 14.2. The number of piperidine rings is 1. The van der Waals surface area contributed by atoms with Crippen molar-refractivity contribution in [3.05, 3.63) is 33.8 Å². The Labute approximate surface area is 152 Å². The van der Waals surface area contributed by atoms with E-state index in [0.29, 0.717) is 21.8 Å². The van der Waals surface area contributed by atoms with Crippen molar-refractivity contribution in [1.82, 2.24) is 10.2 Å². The van der Waals surface area contributed by atoms with Gasteiger partial charge < -0.3 is 10.2 Å². The van der Waals surface area contributed by atoms with Gasteiger partial charge in [0.25, 0.3) is 0 Å². The van der Waals surface area contributed by atoms with E-state index >= 15 is 0 Å². The lowest BCUT2D eigenvalue weighted by Crippen LogP contribution is -2.47. The molecule has 1 atom stereocenters. The van der Waals surface area contributed by atoms with Gasteiger partial charge >= 0.3 is 0 Å². The molecule has 1 fully saturated rings. The molecule has 3 nitrogen and oxygen atoms in total. The van der Waals surface area contributed by atoms with E-state index in [1.54, 1.807) is 17.8 Å². The van der Waals surface area contributed by atoms with Crippen LogP contribution in [0.5, 0.6) is 0 Å². The molecule has 1 aromatic carbocycles. The maximum atomic E-state index is 12.2. The number of halogens is 3. The number of hydrogen-bond donors (Lipinski definition) is 1. The van der Waals surface area contributed by atoms with Crippen molar-refractivity contribution < 1.29 is 4.79 Å². The molecule has 0 spiro atoms. The van der Waals surface area contributed by atoms with Crippen molar-refractivity contribution in [3.63, 3.8) is 0 Å². The minimum atomic E-state index is 0. The molecule has 1 saturated heterocycles. The van der Waals surface area contributed by atoms with Gasteiger partial charge in [0.05, 0.1) is 5.75 Å². The largest absolute Gasteiger partial charge is 0.340 e. The quantitative estimate of drug-likeness (QED) is 0.838.